The van der Waals surface area contributed by atoms with Gasteiger partial charge in [0.25, 0.3) is 0 Å². The zero-order valence-electron chi connectivity index (χ0n) is 18.2. The molecule has 0 bridgehead atoms. The molecule has 3 aromatic rings. The zero-order chi connectivity index (χ0) is 23.4. The summed E-state index contributed by atoms with van der Waals surface area (Å²) in [4.78, 5) is 29.1. The van der Waals surface area contributed by atoms with Crippen LogP contribution in [0.5, 0.6) is 5.75 Å². The second kappa shape index (κ2) is 9.89. The number of benzene rings is 1. The molecule has 0 saturated carbocycles. The highest BCUT2D eigenvalue weighted by Crippen LogP contribution is 2.32. The lowest BCUT2D eigenvalue weighted by Gasteiger charge is -2.13. The average molecular weight is 470 g/mol. The van der Waals surface area contributed by atoms with Gasteiger partial charge in [-0.1, -0.05) is 11.8 Å². The van der Waals surface area contributed by atoms with Crippen LogP contribution < -0.4 is 15.8 Å². The minimum Gasteiger partial charge on any atom is -0.497 e. The molecule has 0 spiro atoms. The van der Waals surface area contributed by atoms with Crippen LogP contribution in [0.25, 0.3) is 5.69 Å². The van der Waals surface area contributed by atoms with Crippen LogP contribution in [-0.2, 0) is 16.0 Å². The van der Waals surface area contributed by atoms with Crippen LogP contribution in [0.15, 0.2) is 28.6 Å². The highest BCUT2D eigenvalue weighted by atomic mass is 32.2. The van der Waals surface area contributed by atoms with E-state index in [9.17, 15) is 14.9 Å². The van der Waals surface area contributed by atoms with E-state index in [1.165, 1.54) is 23.1 Å². The van der Waals surface area contributed by atoms with Crippen molar-refractivity contribution in [3.8, 4) is 17.5 Å². The number of aromatic nitrogens is 2. The summed E-state index contributed by atoms with van der Waals surface area (Å²) in [5.74, 6) is 0.582. The molecule has 1 aromatic carbocycles. The van der Waals surface area contributed by atoms with Gasteiger partial charge in [0, 0.05) is 16.3 Å². The standard InChI is InChI=1S/C22H23N5O3S2/c1-12-14(3)27(15-5-7-16(30-4)8-6-15)21(17(12)10-23)26-20(29)11-31-22-25-13(2)18(32-22)9-19(24)28/h5-8H,9,11H2,1-4H3,(H2,24,28)(H,26,29). The molecule has 0 aliphatic heterocycles. The molecule has 0 aliphatic carbocycles. The molecule has 2 amide bonds. The molecule has 0 saturated heterocycles. The molecule has 2 aromatic heterocycles. The number of carbonyl (C=O) groups is 2. The maximum absolute atomic E-state index is 12.8. The fraction of sp³-hybridized carbons (Fsp3) is 0.273. The second-order valence-corrected chi connectivity index (χ2v) is 9.35. The summed E-state index contributed by atoms with van der Waals surface area (Å²) in [6, 6.07) is 9.60. The Bertz CT molecular complexity index is 1210. The number of aryl methyl sites for hydroxylation is 1. The third-order valence-corrected chi connectivity index (χ3v) is 7.25. The van der Waals surface area contributed by atoms with Gasteiger partial charge in [-0.2, -0.15) is 5.26 Å². The van der Waals surface area contributed by atoms with Gasteiger partial charge >= 0.3 is 0 Å². The third kappa shape index (κ3) is 4.95. The molecule has 3 rings (SSSR count). The number of methoxy groups -OCH3 is 1. The van der Waals surface area contributed by atoms with Gasteiger partial charge in [0.1, 0.15) is 17.6 Å². The number of anilines is 1. The molecular formula is C22H23N5O3S2. The van der Waals surface area contributed by atoms with E-state index >= 15 is 0 Å². The molecule has 2 heterocycles. The Labute approximate surface area is 194 Å². The monoisotopic (exact) mass is 469 g/mol. The Balaban J connectivity index is 1.82. The number of nitrogens with two attached hydrogens (primary N) is 1. The number of nitriles is 1. The van der Waals surface area contributed by atoms with Gasteiger partial charge < -0.3 is 15.8 Å². The summed E-state index contributed by atoms with van der Waals surface area (Å²) in [6.45, 7) is 5.58. The van der Waals surface area contributed by atoms with Gasteiger partial charge in [-0.05, 0) is 50.6 Å². The predicted octanol–water partition coefficient (Wildman–Crippen LogP) is 3.50. The number of rotatable bonds is 8. The summed E-state index contributed by atoms with van der Waals surface area (Å²) in [5, 5.41) is 12.6. The highest BCUT2D eigenvalue weighted by Gasteiger charge is 2.21. The number of nitrogens with one attached hydrogen (secondary N) is 1. The zero-order valence-corrected chi connectivity index (χ0v) is 19.8. The highest BCUT2D eigenvalue weighted by molar-refractivity contribution is 8.01. The van der Waals surface area contributed by atoms with Crippen LogP contribution in [0.3, 0.4) is 0 Å². The van der Waals surface area contributed by atoms with E-state index in [0.717, 1.165) is 27.5 Å². The normalized spacial score (nSPS) is 10.6. The van der Waals surface area contributed by atoms with Gasteiger partial charge in [-0.3, -0.25) is 14.2 Å². The van der Waals surface area contributed by atoms with E-state index in [1.807, 2.05) is 49.6 Å². The van der Waals surface area contributed by atoms with Crippen molar-refractivity contribution >= 4 is 40.7 Å². The van der Waals surface area contributed by atoms with Crippen LogP contribution >= 0.6 is 23.1 Å². The summed E-state index contributed by atoms with van der Waals surface area (Å²) >= 11 is 2.63. The number of hydrogen-bond donors (Lipinski definition) is 2. The number of carbonyl (C=O) groups excluding carboxylic acids is 2. The molecule has 8 nitrogen and oxygen atoms in total. The van der Waals surface area contributed by atoms with Crippen LogP contribution in [-0.4, -0.2) is 34.2 Å². The Hall–Kier alpha value is -3.29. The predicted molar refractivity (Wildman–Crippen MR) is 126 cm³/mol. The lowest BCUT2D eigenvalue weighted by Crippen LogP contribution is -2.17. The number of primary amides is 1. The van der Waals surface area contributed by atoms with Gasteiger partial charge in [-0.15, -0.1) is 11.3 Å². The van der Waals surface area contributed by atoms with E-state index < -0.39 is 5.91 Å². The quantitative estimate of drug-likeness (QED) is 0.487. The Kier molecular flexibility index (Phi) is 7.22. The third-order valence-electron chi connectivity index (χ3n) is 4.95. The first-order valence-corrected chi connectivity index (χ1v) is 11.5. The molecule has 0 radical (unpaired) electrons. The van der Waals surface area contributed by atoms with E-state index in [1.54, 1.807) is 7.11 Å². The number of ether oxygens (including phenoxy) is 1. The number of nitrogens with zero attached hydrogens (tertiary/aromatic N) is 3. The van der Waals surface area contributed by atoms with E-state index in [4.69, 9.17) is 10.5 Å². The maximum atomic E-state index is 12.8. The van der Waals surface area contributed by atoms with Crippen molar-refractivity contribution in [2.45, 2.75) is 31.5 Å². The van der Waals surface area contributed by atoms with Gasteiger partial charge in [0.15, 0.2) is 4.34 Å². The van der Waals surface area contributed by atoms with Crippen molar-refractivity contribution in [3.05, 3.63) is 51.7 Å². The van der Waals surface area contributed by atoms with Gasteiger partial charge in [0.2, 0.25) is 11.8 Å². The van der Waals surface area contributed by atoms with Gasteiger partial charge in [-0.25, -0.2) is 4.98 Å². The van der Waals surface area contributed by atoms with Crippen molar-refractivity contribution in [2.24, 2.45) is 5.73 Å². The lowest BCUT2D eigenvalue weighted by atomic mass is 10.2. The van der Waals surface area contributed by atoms with E-state index in [2.05, 4.69) is 16.4 Å². The molecule has 10 heteroatoms. The first-order valence-electron chi connectivity index (χ1n) is 9.68. The summed E-state index contributed by atoms with van der Waals surface area (Å²) < 4.78 is 7.76. The Morgan fingerprint density at radius 1 is 1.28 bits per heavy atom. The van der Waals surface area contributed by atoms with Crippen LogP contribution in [0.2, 0.25) is 0 Å². The van der Waals surface area contributed by atoms with Crippen molar-refractivity contribution in [1.82, 2.24) is 9.55 Å². The lowest BCUT2D eigenvalue weighted by molar-refractivity contribution is -0.117. The van der Waals surface area contributed by atoms with Crippen molar-refractivity contribution < 1.29 is 14.3 Å². The average Bonchev–Trinajstić information content (AvgIpc) is 3.22. The fourth-order valence-electron chi connectivity index (χ4n) is 3.20. The number of thioether (sulfide) groups is 1. The molecule has 32 heavy (non-hydrogen) atoms. The van der Waals surface area contributed by atoms with Gasteiger partial charge in [0.05, 0.1) is 30.5 Å². The smallest absolute Gasteiger partial charge is 0.235 e. The molecule has 166 valence electrons. The molecule has 0 atom stereocenters. The van der Waals surface area contributed by atoms with Crippen molar-refractivity contribution in [1.29, 1.82) is 5.26 Å². The molecule has 0 aliphatic rings. The first-order chi connectivity index (χ1) is 15.2. The SMILES string of the molecule is COc1ccc(-n2c(C)c(C)c(C#N)c2NC(=O)CSc2nc(C)c(CC(N)=O)s2)cc1. The molecule has 0 unspecified atom stereocenters. The van der Waals surface area contributed by atoms with Crippen molar-refractivity contribution in [2.75, 3.05) is 18.2 Å². The molecular weight excluding hydrogens is 446 g/mol. The van der Waals surface area contributed by atoms with Crippen LogP contribution in [0.4, 0.5) is 5.82 Å². The van der Waals surface area contributed by atoms with E-state index in [-0.39, 0.29) is 18.1 Å². The number of amides is 2. The largest absolute Gasteiger partial charge is 0.497 e. The molecule has 3 N–H and O–H groups in total. The Morgan fingerprint density at radius 3 is 2.56 bits per heavy atom. The maximum Gasteiger partial charge on any atom is 0.235 e. The fourth-order valence-corrected chi connectivity index (χ4v) is 5.24. The summed E-state index contributed by atoms with van der Waals surface area (Å²) in [5.41, 5.74) is 8.90. The summed E-state index contributed by atoms with van der Waals surface area (Å²) in [6.07, 6.45) is 0.135. The Morgan fingerprint density at radius 2 is 1.97 bits per heavy atom. The summed E-state index contributed by atoms with van der Waals surface area (Å²) in [7, 11) is 1.60. The van der Waals surface area contributed by atoms with Crippen LogP contribution in [0.1, 0.15) is 27.4 Å². The van der Waals surface area contributed by atoms with E-state index in [0.29, 0.717) is 21.5 Å². The minimum absolute atomic E-state index is 0.111. The van der Waals surface area contributed by atoms with Crippen LogP contribution in [0, 0.1) is 32.1 Å². The number of hydrogen-bond acceptors (Lipinski definition) is 7. The topological polar surface area (TPSA) is 123 Å². The molecule has 0 fully saturated rings. The number of thiazole rings is 1. The second-order valence-electron chi connectivity index (χ2n) is 7.05. The van der Waals surface area contributed by atoms with Crippen molar-refractivity contribution in [3.63, 3.8) is 0 Å². The first kappa shape index (κ1) is 23.4. The minimum atomic E-state index is -0.417.